The summed E-state index contributed by atoms with van der Waals surface area (Å²) in [6.07, 6.45) is 0. The van der Waals surface area contributed by atoms with Crippen molar-refractivity contribution in [2.45, 2.75) is 0 Å². The van der Waals surface area contributed by atoms with Crippen LogP contribution in [0.25, 0.3) is 5.76 Å². The van der Waals surface area contributed by atoms with Crippen molar-refractivity contribution in [1.29, 1.82) is 0 Å². The predicted octanol–water partition coefficient (Wildman–Crippen LogP) is 2.42. The molecule has 1 aromatic rings. The number of aliphatic hydroxyl groups excluding tert-OH is 1. The second-order valence-corrected chi connectivity index (χ2v) is 2.25. The van der Waals surface area contributed by atoms with E-state index in [2.05, 4.69) is 9.24 Å². The van der Waals surface area contributed by atoms with E-state index in [1.165, 1.54) is 0 Å². The minimum absolute atomic E-state index is 0.297. The molecule has 52 valence electrons. The van der Waals surface area contributed by atoms with Crippen molar-refractivity contribution in [2.75, 3.05) is 0 Å². The van der Waals surface area contributed by atoms with Gasteiger partial charge in [-0.15, -0.1) is 9.24 Å². The molecule has 0 saturated heterocycles. The van der Waals surface area contributed by atoms with Crippen LogP contribution in [0.1, 0.15) is 5.56 Å². The number of hydrogen-bond donors (Lipinski definition) is 1. The van der Waals surface area contributed by atoms with Crippen LogP contribution in [0, 0.1) is 0 Å². The van der Waals surface area contributed by atoms with Gasteiger partial charge in [0.1, 0.15) is 5.76 Å². The summed E-state index contributed by atoms with van der Waals surface area (Å²) in [4.78, 5) is 0. The Balaban J connectivity index is 2.96. The SMILES string of the molecule is O/C(=C\P)c1ccccc1. The van der Waals surface area contributed by atoms with E-state index < -0.39 is 0 Å². The smallest absolute Gasteiger partial charge is 0.122 e. The van der Waals surface area contributed by atoms with Gasteiger partial charge in [0.25, 0.3) is 0 Å². The van der Waals surface area contributed by atoms with Gasteiger partial charge >= 0.3 is 0 Å². The highest BCUT2D eigenvalue weighted by atomic mass is 31.0. The van der Waals surface area contributed by atoms with Gasteiger partial charge in [-0.05, 0) is 5.82 Å². The van der Waals surface area contributed by atoms with Crippen LogP contribution in [-0.4, -0.2) is 5.11 Å². The summed E-state index contributed by atoms with van der Waals surface area (Å²) in [6, 6.07) is 9.41. The van der Waals surface area contributed by atoms with Gasteiger partial charge in [-0.3, -0.25) is 0 Å². The van der Waals surface area contributed by atoms with Gasteiger partial charge in [0, 0.05) is 5.56 Å². The van der Waals surface area contributed by atoms with E-state index in [1.54, 1.807) is 5.82 Å². The van der Waals surface area contributed by atoms with Crippen molar-refractivity contribution in [1.82, 2.24) is 0 Å². The van der Waals surface area contributed by atoms with Gasteiger partial charge in [-0.1, -0.05) is 30.3 Å². The van der Waals surface area contributed by atoms with Crippen molar-refractivity contribution >= 4 is 15.0 Å². The molecule has 0 bridgehead atoms. The molecule has 0 aromatic heterocycles. The van der Waals surface area contributed by atoms with Crippen LogP contribution < -0.4 is 0 Å². The lowest BCUT2D eigenvalue weighted by Crippen LogP contribution is -1.77. The summed E-state index contributed by atoms with van der Waals surface area (Å²) in [6.45, 7) is 0. The minimum atomic E-state index is 0.297. The fourth-order valence-electron chi connectivity index (χ4n) is 0.705. The van der Waals surface area contributed by atoms with Crippen LogP contribution in [0.2, 0.25) is 0 Å². The molecule has 0 aliphatic rings. The second-order valence-electron chi connectivity index (χ2n) is 1.92. The summed E-state index contributed by atoms with van der Waals surface area (Å²) in [5, 5.41) is 9.17. The second kappa shape index (κ2) is 3.38. The molecule has 10 heavy (non-hydrogen) atoms. The number of hydrogen-bond acceptors (Lipinski definition) is 1. The molecule has 0 radical (unpaired) electrons. The third kappa shape index (κ3) is 1.58. The molecule has 0 spiro atoms. The highest BCUT2D eigenvalue weighted by molar-refractivity contribution is 7.21. The van der Waals surface area contributed by atoms with Gasteiger partial charge in [-0.2, -0.15) is 0 Å². The molecule has 1 aromatic carbocycles. The maximum absolute atomic E-state index is 9.17. The van der Waals surface area contributed by atoms with E-state index in [0.717, 1.165) is 5.56 Å². The normalized spacial score (nSPS) is 11.5. The molecule has 1 atom stereocenters. The Morgan fingerprint density at radius 2 is 1.90 bits per heavy atom. The molecule has 1 unspecified atom stereocenters. The van der Waals surface area contributed by atoms with Crippen molar-refractivity contribution in [3.8, 4) is 0 Å². The molecular formula is C8H9OP. The van der Waals surface area contributed by atoms with Crippen LogP contribution in [0.15, 0.2) is 36.1 Å². The van der Waals surface area contributed by atoms with E-state index >= 15 is 0 Å². The first-order chi connectivity index (χ1) is 4.84. The molecule has 0 fully saturated rings. The first-order valence-corrected chi connectivity index (χ1v) is 3.67. The summed E-state index contributed by atoms with van der Waals surface area (Å²) < 4.78 is 0. The average Bonchev–Trinajstić information content (AvgIpc) is 2.05. The Labute approximate surface area is 62.6 Å². The zero-order valence-electron chi connectivity index (χ0n) is 5.49. The van der Waals surface area contributed by atoms with Crippen LogP contribution in [0.3, 0.4) is 0 Å². The van der Waals surface area contributed by atoms with Crippen molar-refractivity contribution in [3.63, 3.8) is 0 Å². The quantitative estimate of drug-likeness (QED) is 0.484. The zero-order valence-corrected chi connectivity index (χ0v) is 6.64. The Bertz CT molecular complexity index is 228. The molecule has 0 aliphatic heterocycles. The van der Waals surface area contributed by atoms with Crippen LogP contribution in [0.5, 0.6) is 0 Å². The predicted molar refractivity (Wildman–Crippen MR) is 46.8 cm³/mol. The lowest BCUT2D eigenvalue weighted by Gasteiger charge is -1.95. The highest BCUT2D eigenvalue weighted by Gasteiger charge is 1.92. The minimum Gasteiger partial charge on any atom is -0.507 e. The van der Waals surface area contributed by atoms with E-state index in [1.807, 2.05) is 30.3 Å². The van der Waals surface area contributed by atoms with Crippen molar-refractivity contribution in [3.05, 3.63) is 41.7 Å². The number of aliphatic hydroxyl groups is 1. The first-order valence-electron chi connectivity index (χ1n) is 3.01. The molecule has 1 nitrogen and oxygen atoms in total. The van der Waals surface area contributed by atoms with E-state index in [4.69, 9.17) is 5.11 Å². The van der Waals surface area contributed by atoms with Crippen LogP contribution in [0.4, 0.5) is 0 Å². The fraction of sp³-hybridized carbons (Fsp3) is 0. The maximum atomic E-state index is 9.17. The monoisotopic (exact) mass is 152 g/mol. The summed E-state index contributed by atoms with van der Waals surface area (Å²) >= 11 is 0. The van der Waals surface area contributed by atoms with Gasteiger partial charge in [-0.25, -0.2) is 0 Å². The molecule has 0 heterocycles. The zero-order chi connectivity index (χ0) is 7.40. The van der Waals surface area contributed by atoms with E-state index in [9.17, 15) is 0 Å². The number of benzene rings is 1. The van der Waals surface area contributed by atoms with Crippen molar-refractivity contribution in [2.24, 2.45) is 0 Å². The molecule has 1 rings (SSSR count). The third-order valence-corrected chi connectivity index (χ3v) is 1.54. The maximum Gasteiger partial charge on any atom is 0.122 e. The highest BCUT2D eigenvalue weighted by Crippen LogP contribution is 2.11. The third-order valence-electron chi connectivity index (χ3n) is 1.23. The molecule has 0 aliphatic carbocycles. The largest absolute Gasteiger partial charge is 0.507 e. The fourth-order valence-corrected chi connectivity index (χ4v) is 0.898. The summed E-state index contributed by atoms with van der Waals surface area (Å²) in [7, 11) is 2.36. The van der Waals surface area contributed by atoms with E-state index in [0.29, 0.717) is 5.76 Å². The van der Waals surface area contributed by atoms with Crippen LogP contribution >= 0.6 is 9.24 Å². The van der Waals surface area contributed by atoms with E-state index in [-0.39, 0.29) is 0 Å². The summed E-state index contributed by atoms with van der Waals surface area (Å²) in [5.74, 6) is 1.89. The molecule has 2 heteroatoms. The molecule has 1 N–H and O–H groups in total. The molecule has 0 amide bonds. The Morgan fingerprint density at radius 3 is 2.40 bits per heavy atom. The summed E-state index contributed by atoms with van der Waals surface area (Å²) in [5.41, 5.74) is 0.845. The van der Waals surface area contributed by atoms with Gasteiger partial charge < -0.3 is 5.11 Å². The Hall–Kier alpha value is -0.810. The average molecular weight is 152 g/mol. The molecule has 0 saturated carbocycles. The first kappa shape index (κ1) is 7.30. The lowest BCUT2D eigenvalue weighted by molar-refractivity contribution is 0.513. The molecular weight excluding hydrogens is 143 g/mol. The van der Waals surface area contributed by atoms with Gasteiger partial charge in [0.2, 0.25) is 0 Å². The Morgan fingerprint density at radius 1 is 1.30 bits per heavy atom. The van der Waals surface area contributed by atoms with Crippen LogP contribution in [-0.2, 0) is 0 Å². The number of rotatable bonds is 1. The Kier molecular flexibility index (Phi) is 2.47. The standard InChI is InChI=1S/C8H9OP/c9-8(6-10)7-4-2-1-3-5-7/h1-6,9H,10H2/b8-6-. The topological polar surface area (TPSA) is 20.2 Å². The van der Waals surface area contributed by atoms with Crippen molar-refractivity contribution < 1.29 is 5.11 Å². The lowest BCUT2D eigenvalue weighted by atomic mass is 10.2. The van der Waals surface area contributed by atoms with Gasteiger partial charge in [0.05, 0.1) is 0 Å². The van der Waals surface area contributed by atoms with Gasteiger partial charge in [0.15, 0.2) is 0 Å².